The first-order valence-electron chi connectivity index (χ1n) is 13.0. The topological polar surface area (TPSA) is 157 Å². The highest BCUT2D eigenvalue weighted by molar-refractivity contribution is 5.93. The smallest absolute Gasteiger partial charge is 0.408 e. The maximum atomic E-state index is 14.0. The zero-order chi connectivity index (χ0) is 29.8. The standard InChI is InChI=1S/C28H42N4O7/c1-8-19-11-10-12-20(17-19)24(25(35)30-16-15-23(34)38-9-2)32(18(3)4)26(36)21(13-14-22(29)33)31-27(37)39-28(5,6)7/h8,10-12,17-18,21,24H,1,9,13-16H2,2-7H3,(H2,29,33)(H,30,35)(H,31,37). The van der Waals surface area contributed by atoms with Crippen LogP contribution in [0.2, 0.25) is 0 Å². The molecular formula is C28H42N4O7. The number of amides is 4. The molecule has 216 valence electrons. The van der Waals surface area contributed by atoms with Crippen LogP contribution in [0.5, 0.6) is 0 Å². The van der Waals surface area contributed by atoms with E-state index in [1.807, 2.05) is 0 Å². The molecule has 39 heavy (non-hydrogen) atoms. The van der Waals surface area contributed by atoms with Gasteiger partial charge in [-0.2, -0.15) is 0 Å². The molecule has 2 unspecified atom stereocenters. The van der Waals surface area contributed by atoms with Gasteiger partial charge in [0.1, 0.15) is 17.7 Å². The van der Waals surface area contributed by atoms with E-state index in [2.05, 4.69) is 17.2 Å². The summed E-state index contributed by atoms with van der Waals surface area (Å²) in [4.78, 5) is 64.8. The molecule has 2 atom stereocenters. The van der Waals surface area contributed by atoms with Crippen molar-refractivity contribution in [2.45, 2.75) is 84.5 Å². The van der Waals surface area contributed by atoms with Crippen LogP contribution in [-0.4, -0.2) is 65.5 Å². The molecule has 0 bridgehead atoms. The van der Waals surface area contributed by atoms with E-state index in [1.165, 1.54) is 4.90 Å². The van der Waals surface area contributed by atoms with E-state index in [9.17, 15) is 24.0 Å². The highest BCUT2D eigenvalue weighted by Gasteiger charge is 2.38. The predicted octanol–water partition coefficient (Wildman–Crippen LogP) is 2.84. The Bertz CT molecular complexity index is 1030. The third-order valence-corrected chi connectivity index (χ3v) is 5.40. The van der Waals surface area contributed by atoms with Gasteiger partial charge in [-0.15, -0.1) is 0 Å². The number of nitrogens with zero attached hydrogens (tertiary/aromatic N) is 1. The van der Waals surface area contributed by atoms with Crippen molar-refractivity contribution in [1.82, 2.24) is 15.5 Å². The number of rotatable bonds is 14. The molecule has 4 amide bonds. The fraction of sp³-hybridized carbons (Fsp3) is 0.536. The maximum absolute atomic E-state index is 14.0. The van der Waals surface area contributed by atoms with E-state index in [-0.39, 0.29) is 32.4 Å². The monoisotopic (exact) mass is 546 g/mol. The first-order chi connectivity index (χ1) is 18.2. The van der Waals surface area contributed by atoms with Crippen LogP contribution >= 0.6 is 0 Å². The summed E-state index contributed by atoms with van der Waals surface area (Å²) in [6.07, 6.45) is 0.440. The number of ether oxygens (including phenoxy) is 2. The van der Waals surface area contributed by atoms with Crippen LogP contribution in [0.25, 0.3) is 6.08 Å². The van der Waals surface area contributed by atoms with Crippen molar-refractivity contribution in [1.29, 1.82) is 0 Å². The molecule has 4 N–H and O–H groups in total. The molecule has 0 saturated carbocycles. The van der Waals surface area contributed by atoms with Gasteiger partial charge in [0, 0.05) is 19.0 Å². The fourth-order valence-electron chi connectivity index (χ4n) is 3.77. The van der Waals surface area contributed by atoms with Crippen molar-refractivity contribution in [3.8, 4) is 0 Å². The van der Waals surface area contributed by atoms with Crippen LogP contribution in [0.15, 0.2) is 30.8 Å². The van der Waals surface area contributed by atoms with Gasteiger partial charge >= 0.3 is 12.1 Å². The molecule has 1 rings (SSSR count). The number of hydrogen-bond donors (Lipinski definition) is 3. The highest BCUT2D eigenvalue weighted by Crippen LogP contribution is 2.27. The number of hydrogen-bond acceptors (Lipinski definition) is 7. The summed E-state index contributed by atoms with van der Waals surface area (Å²) in [5.74, 6) is -2.25. The molecular weight excluding hydrogens is 504 g/mol. The van der Waals surface area contributed by atoms with Gasteiger partial charge in [-0.05, 0) is 65.2 Å². The molecule has 11 heteroatoms. The summed E-state index contributed by atoms with van der Waals surface area (Å²) >= 11 is 0. The van der Waals surface area contributed by atoms with Crippen molar-refractivity contribution in [2.24, 2.45) is 5.73 Å². The number of nitrogens with two attached hydrogens (primary N) is 1. The summed E-state index contributed by atoms with van der Waals surface area (Å²) in [7, 11) is 0. The Morgan fingerprint density at radius 3 is 2.33 bits per heavy atom. The minimum atomic E-state index is -1.20. The van der Waals surface area contributed by atoms with E-state index < -0.39 is 53.5 Å². The Hall–Kier alpha value is -3.89. The minimum Gasteiger partial charge on any atom is -0.466 e. The van der Waals surface area contributed by atoms with Gasteiger partial charge in [0.25, 0.3) is 0 Å². The molecule has 1 aromatic rings. The van der Waals surface area contributed by atoms with E-state index in [1.54, 1.807) is 71.9 Å². The summed E-state index contributed by atoms with van der Waals surface area (Å²) in [6.45, 7) is 14.2. The van der Waals surface area contributed by atoms with E-state index in [4.69, 9.17) is 15.2 Å². The quantitative estimate of drug-likeness (QED) is 0.303. The number of alkyl carbamates (subject to hydrolysis) is 1. The van der Waals surface area contributed by atoms with Gasteiger partial charge in [-0.25, -0.2) is 4.79 Å². The highest BCUT2D eigenvalue weighted by atomic mass is 16.6. The lowest BCUT2D eigenvalue weighted by Gasteiger charge is -2.37. The number of primary amides is 1. The lowest BCUT2D eigenvalue weighted by molar-refractivity contribution is -0.146. The lowest BCUT2D eigenvalue weighted by atomic mass is 9.98. The number of carbonyl (C=O) groups excluding carboxylic acids is 5. The number of nitrogens with one attached hydrogen (secondary N) is 2. The van der Waals surface area contributed by atoms with Crippen LogP contribution in [0, 0.1) is 0 Å². The first kappa shape index (κ1) is 33.1. The Morgan fingerprint density at radius 1 is 1.13 bits per heavy atom. The lowest BCUT2D eigenvalue weighted by Crippen LogP contribution is -2.55. The van der Waals surface area contributed by atoms with Gasteiger partial charge in [-0.1, -0.05) is 30.9 Å². The molecule has 0 saturated heterocycles. The molecule has 0 heterocycles. The van der Waals surface area contributed by atoms with Crippen LogP contribution in [0.4, 0.5) is 4.79 Å². The zero-order valence-corrected chi connectivity index (χ0v) is 23.7. The second kappa shape index (κ2) is 15.5. The van der Waals surface area contributed by atoms with Gasteiger partial charge in [0.15, 0.2) is 0 Å². The van der Waals surface area contributed by atoms with E-state index in [0.29, 0.717) is 5.56 Å². The Balaban J connectivity index is 3.45. The van der Waals surface area contributed by atoms with Crippen LogP contribution in [0.3, 0.4) is 0 Å². The average Bonchev–Trinajstić information content (AvgIpc) is 2.83. The summed E-state index contributed by atoms with van der Waals surface area (Å²) in [6, 6.07) is 4.12. The first-order valence-corrected chi connectivity index (χ1v) is 13.0. The SMILES string of the molecule is C=Cc1cccc(C(C(=O)NCCC(=O)OCC)N(C(=O)C(CCC(N)=O)NC(=O)OC(C)(C)C)C(C)C)c1. The molecule has 11 nitrogen and oxygen atoms in total. The van der Waals surface area contributed by atoms with Crippen LogP contribution in [0.1, 0.15) is 78.0 Å². The van der Waals surface area contributed by atoms with Crippen molar-refractivity contribution in [3.63, 3.8) is 0 Å². The number of benzene rings is 1. The largest absolute Gasteiger partial charge is 0.466 e. The van der Waals surface area contributed by atoms with E-state index in [0.717, 1.165) is 5.56 Å². The number of esters is 1. The predicted molar refractivity (Wildman–Crippen MR) is 147 cm³/mol. The Labute approximate surface area is 230 Å². The summed E-state index contributed by atoms with van der Waals surface area (Å²) in [5.41, 5.74) is 5.72. The van der Waals surface area contributed by atoms with E-state index >= 15 is 0 Å². The van der Waals surface area contributed by atoms with Crippen molar-refractivity contribution in [3.05, 3.63) is 42.0 Å². The van der Waals surface area contributed by atoms with Crippen LogP contribution in [-0.2, 0) is 28.7 Å². The van der Waals surface area contributed by atoms with Gasteiger partial charge < -0.3 is 30.7 Å². The Morgan fingerprint density at radius 2 is 1.79 bits per heavy atom. The minimum absolute atomic E-state index is 0.00327. The normalized spacial score (nSPS) is 12.6. The average molecular weight is 547 g/mol. The molecule has 0 radical (unpaired) electrons. The molecule has 0 fully saturated rings. The fourth-order valence-corrected chi connectivity index (χ4v) is 3.77. The van der Waals surface area contributed by atoms with Crippen molar-refractivity contribution in [2.75, 3.05) is 13.2 Å². The molecule has 0 spiro atoms. The van der Waals surface area contributed by atoms with Crippen LogP contribution < -0.4 is 16.4 Å². The number of carbonyl (C=O) groups is 5. The molecule has 0 aliphatic rings. The van der Waals surface area contributed by atoms with Gasteiger partial charge in [-0.3, -0.25) is 19.2 Å². The second-order valence-corrected chi connectivity index (χ2v) is 10.2. The van der Waals surface area contributed by atoms with Crippen molar-refractivity contribution >= 4 is 35.9 Å². The van der Waals surface area contributed by atoms with Gasteiger partial charge in [0.2, 0.25) is 17.7 Å². The second-order valence-electron chi connectivity index (χ2n) is 10.2. The Kier molecular flexibility index (Phi) is 13.2. The van der Waals surface area contributed by atoms with Crippen molar-refractivity contribution < 1.29 is 33.4 Å². The summed E-state index contributed by atoms with van der Waals surface area (Å²) < 4.78 is 10.2. The third-order valence-electron chi connectivity index (χ3n) is 5.40. The zero-order valence-electron chi connectivity index (χ0n) is 23.7. The maximum Gasteiger partial charge on any atom is 0.408 e. The van der Waals surface area contributed by atoms with Gasteiger partial charge in [0.05, 0.1) is 13.0 Å². The molecule has 0 aromatic heterocycles. The molecule has 0 aliphatic carbocycles. The third kappa shape index (κ3) is 11.6. The summed E-state index contributed by atoms with van der Waals surface area (Å²) in [5, 5.41) is 5.25. The molecule has 0 aliphatic heterocycles. The molecule has 1 aromatic carbocycles.